The molecule has 2 aromatic carbocycles. The number of aliphatic imine (C=N–C) groups is 1. The highest BCUT2D eigenvalue weighted by molar-refractivity contribution is 7.15. The molecule has 150 valence electrons. The normalized spacial score (nSPS) is 12.3. The largest absolute Gasteiger partial charge is 0.458 e. The Balaban J connectivity index is 2.04. The third kappa shape index (κ3) is 6.24. The Morgan fingerprint density at radius 3 is 2.07 bits per heavy atom. The fraction of sp³-hybridized carbons (Fsp3) is 0.261. The molecule has 1 aromatic heterocycles. The van der Waals surface area contributed by atoms with E-state index < -0.39 is 11.6 Å². The van der Waals surface area contributed by atoms with Crippen LogP contribution in [0.2, 0.25) is 4.34 Å². The van der Waals surface area contributed by atoms with E-state index >= 15 is 0 Å². The summed E-state index contributed by atoms with van der Waals surface area (Å²) in [6.45, 7) is 5.55. The van der Waals surface area contributed by atoms with Crippen LogP contribution in [0, 0.1) is 0 Å². The maximum atomic E-state index is 13.0. The Bertz CT molecular complexity index is 937. The second-order valence-corrected chi connectivity index (χ2v) is 9.27. The number of nitrogens with zero attached hydrogens (tertiary/aromatic N) is 2. The topological polar surface area (TPSA) is 51.5 Å². The zero-order valence-electron chi connectivity index (χ0n) is 16.6. The van der Waals surface area contributed by atoms with Gasteiger partial charge in [-0.2, -0.15) is 0 Å². The Morgan fingerprint density at radius 1 is 1.07 bits per heavy atom. The lowest BCUT2D eigenvalue weighted by atomic mass is 10.0. The highest BCUT2D eigenvalue weighted by Crippen LogP contribution is 2.22. The summed E-state index contributed by atoms with van der Waals surface area (Å²) in [4.78, 5) is 22.2. The van der Waals surface area contributed by atoms with E-state index in [1.165, 1.54) is 11.3 Å². The van der Waals surface area contributed by atoms with Gasteiger partial charge in [0.15, 0.2) is 6.04 Å². The molecule has 0 saturated carbocycles. The van der Waals surface area contributed by atoms with Crippen LogP contribution in [0.25, 0.3) is 0 Å². The van der Waals surface area contributed by atoms with Crippen LogP contribution in [0.3, 0.4) is 0 Å². The van der Waals surface area contributed by atoms with Crippen LogP contribution < -0.4 is 0 Å². The number of esters is 1. The van der Waals surface area contributed by atoms with Crippen LogP contribution in [0.1, 0.15) is 36.9 Å². The van der Waals surface area contributed by atoms with Crippen LogP contribution in [-0.4, -0.2) is 28.3 Å². The summed E-state index contributed by atoms with van der Waals surface area (Å²) in [7, 11) is 0. The molecule has 1 unspecified atom stereocenters. The Morgan fingerprint density at radius 2 is 1.62 bits per heavy atom. The van der Waals surface area contributed by atoms with Crippen molar-refractivity contribution in [3.8, 4) is 0 Å². The summed E-state index contributed by atoms with van der Waals surface area (Å²) in [5.41, 5.74) is 2.00. The van der Waals surface area contributed by atoms with E-state index in [-0.39, 0.29) is 5.97 Å². The molecule has 0 spiro atoms. The monoisotopic (exact) mass is 426 g/mol. The van der Waals surface area contributed by atoms with Crippen molar-refractivity contribution in [1.29, 1.82) is 0 Å². The lowest BCUT2D eigenvalue weighted by Crippen LogP contribution is -2.33. The van der Waals surface area contributed by atoms with Crippen molar-refractivity contribution < 1.29 is 9.53 Å². The maximum absolute atomic E-state index is 13.0. The van der Waals surface area contributed by atoms with Crippen molar-refractivity contribution in [3.63, 3.8) is 0 Å². The first-order chi connectivity index (χ1) is 13.8. The fourth-order valence-electron chi connectivity index (χ4n) is 2.76. The van der Waals surface area contributed by atoms with Crippen molar-refractivity contribution in [3.05, 3.63) is 87.3 Å². The van der Waals surface area contributed by atoms with E-state index in [0.717, 1.165) is 21.8 Å². The summed E-state index contributed by atoms with van der Waals surface area (Å²) in [6.07, 6.45) is 1.92. The number of hydrogen-bond donors (Lipinski definition) is 0. The number of thiazole rings is 1. The molecule has 1 heterocycles. The smallest absolute Gasteiger partial charge is 0.331 e. The van der Waals surface area contributed by atoms with Crippen LogP contribution in [0.5, 0.6) is 0 Å². The molecule has 29 heavy (non-hydrogen) atoms. The number of aromatic nitrogens is 1. The third-order valence-corrected chi connectivity index (χ3v) is 5.09. The number of carbonyl (C=O) groups excluding carboxylic acids is 1. The number of hydrogen-bond acceptors (Lipinski definition) is 5. The van der Waals surface area contributed by atoms with Crippen LogP contribution in [0.4, 0.5) is 0 Å². The van der Waals surface area contributed by atoms with Crippen molar-refractivity contribution >= 4 is 34.6 Å². The summed E-state index contributed by atoms with van der Waals surface area (Å²) in [5, 5.41) is 0.745. The SMILES string of the molecule is CC(C)(C)OC(=O)C(Cc1ncc(Cl)s1)N=C(c1ccccc1)c1ccccc1. The van der Waals surface area contributed by atoms with Gasteiger partial charge in [0.05, 0.1) is 16.9 Å². The van der Waals surface area contributed by atoms with Gasteiger partial charge in [-0.3, -0.25) is 4.99 Å². The highest BCUT2D eigenvalue weighted by Gasteiger charge is 2.27. The fourth-order valence-corrected chi connectivity index (χ4v) is 3.76. The Hall–Kier alpha value is -2.50. The maximum Gasteiger partial charge on any atom is 0.331 e. The van der Waals surface area contributed by atoms with Gasteiger partial charge in [0.2, 0.25) is 0 Å². The predicted molar refractivity (Wildman–Crippen MR) is 119 cm³/mol. The second kappa shape index (κ2) is 9.33. The van der Waals surface area contributed by atoms with Gasteiger partial charge < -0.3 is 4.74 Å². The van der Waals surface area contributed by atoms with Crippen molar-refractivity contribution in [2.45, 2.75) is 38.8 Å². The van der Waals surface area contributed by atoms with Gasteiger partial charge in [-0.1, -0.05) is 72.3 Å². The molecule has 6 heteroatoms. The van der Waals surface area contributed by atoms with E-state index in [0.29, 0.717) is 10.8 Å². The minimum atomic E-state index is -0.730. The molecular formula is C23H23ClN2O2S. The van der Waals surface area contributed by atoms with E-state index in [4.69, 9.17) is 21.3 Å². The molecule has 0 aliphatic heterocycles. The molecule has 0 amide bonds. The van der Waals surface area contributed by atoms with Gasteiger partial charge in [0.1, 0.15) is 9.94 Å². The van der Waals surface area contributed by atoms with E-state index in [9.17, 15) is 4.79 Å². The predicted octanol–water partition coefficient (Wildman–Crippen LogP) is 5.59. The summed E-state index contributed by atoms with van der Waals surface area (Å²) in [5.74, 6) is -0.381. The molecule has 0 aliphatic rings. The van der Waals surface area contributed by atoms with Crippen molar-refractivity contribution in [1.82, 2.24) is 4.98 Å². The molecule has 0 aliphatic carbocycles. The minimum Gasteiger partial charge on any atom is -0.458 e. The quantitative estimate of drug-likeness (QED) is 0.381. The summed E-state index contributed by atoms with van der Waals surface area (Å²) in [6, 6.07) is 18.9. The zero-order valence-corrected chi connectivity index (χ0v) is 18.2. The van der Waals surface area contributed by atoms with Gasteiger partial charge in [-0.05, 0) is 20.8 Å². The molecule has 0 N–H and O–H groups in total. The molecule has 4 nitrogen and oxygen atoms in total. The number of benzene rings is 2. The van der Waals surface area contributed by atoms with Crippen molar-refractivity contribution in [2.24, 2.45) is 4.99 Å². The standard InChI is InChI=1S/C23H23ClN2O2S/c1-23(2,3)28-22(27)18(14-20-25-15-19(24)29-20)26-21(16-10-6-4-7-11-16)17-12-8-5-9-13-17/h4-13,15,18H,14H2,1-3H3. The molecule has 1 atom stereocenters. The molecule has 3 aromatic rings. The number of halogens is 1. The average molecular weight is 427 g/mol. The van der Waals surface area contributed by atoms with E-state index in [1.54, 1.807) is 6.20 Å². The van der Waals surface area contributed by atoms with E-state index in [2.05, 4.69) is 4.98 Å². The van der Waals surface area contributed by atoms with Gasteiger partial charge in [-0.15, -0.1) is 11.3 Å². The number of rotatable bonds is 6. The van der Waals surface area contributed by atoms with Gasteiger partial charge in [0.25, 0.3) is 0 Å². The van der Waals surface area contributed by atoms with Gasteiger partial charge in [0, 0.05) is 17.5 Å². The minimum absolute atomic E-state index is 0.329. The molecule has 3 rings (SSSR count). The van der Waals surface area contributed by atoms with Gasteiger partial charge in [-0.25, -0.2) is 9.78 Å². The molecular weight excluding hydrogens is 404 g/mol. The highest BCUT2D eigenvalue weighted by atomic mass is 35.5. The third-order valence-electron chi connectivity index (χ3n) is 3.95. The second-order valence-electron chi connectivity index (χ2n) is 7.52. The molecule has 0 bridgehead atoms. The Kier molecular flexibility index (Phi) is 6.83. The van der Waals surface area contributed by atoms with Crippen LogP contribution in [0.15, 0.2) is 71.9 Å². The Labute approximate surface area is 180 Å². The summed E-state index contributed by atoms with van der Waals surface area (Å²) >= 11 is 7.38. The van der Waals surface area contributed by atoms with Crippen LogP contribution >= 0.6 is 22.9 Å². The van der Waals surface area contributed by atoms with Crippen molar-refractivity contribution in [2.75, 3.05) is 0 Å². The lowest BCUT2D eigenvalue weighted by molar-refractivity contribution is -0.156. The molecule has 0 saturated heterocycles. The first-order valence-corrected chi connectivity index (χ1v) is 10.5. The van der Waals surface area contributed by atoms with Gasteiger partial charge >= 0.3 is 5.97 Å². The summed E-state index contributed by atoms with van der Waals surface area (Å²) < 4.78 is 6.23. The molecule has 0 fully saturated rings. The number of carbonyl (C=O) groups is 1. The average Bonchev–Trinajstić information content (AvgIpc) is 3.10. The molecule has 0 radical (unpaired) electrons. The zero-order chi connectivity index (χ0) is 20.9. The first-order valence-electron chi connectivity index (χ1n) is 9.33. The number of ether oxygens (including phenoxy) is 1. The van der Waals surface area contributed by atoms with Crippen LogP contribution in [-0.2, 0) is 16.0 Å². The van der Waals surface area contributed by atoms with E-state index in [1.807, 2.05) is 81.4 Å². The lowest BCUT2D eigenvalue weighted by Gasteiger charge is -2.22. The first kappa shape index (κ1) is 21.2.